The Bertz CT molecular complexity index is 678. The Morgan fingerprint density at radius 3 is 2.95 bits per heavy atom. The van der Waals surface area contributed by atoms with E-state index in [0.29, 0.717) is 32.8 Å². The Morgan fingerprint density at radius 1 is 1.26 bits per heavy atom. The van der Waals surface area contributed by atoms with E-state index in [2.05, 4.69) is 9.97 Å². The van der Waals surface area contributed by atoms with Gasteiger partial charge in [-0.2, -0.15) is 4.98 Å². The minimum Gasteiger partial charge on any atom is -0.430 e. The normalized spacial score (nSPS) is 11.1. The molecular formula is C13H8ClFN2OS. The third-order valence-corrected chi connectivity index (χ3v) is 3.76. The van der Waals surface area contributed by atoms with Gasteiger partial charge in [0.05, 0.1) is 0 Å². The summed E-state index contributed by atoms with van der Waals surface area (Å²) in [6.07, 6.45) is 1.65. The Hall–Kier alpha value is -1.59. The molecule has 0 radical (unpaired) electrons. The third kappa shape index (κ3) is 2.57. The predicted octanol–water partition coefficient (Wildman–Crippen LogP) is 4.31. The minimum atomic E-state index is -0.325. The molecule has 0 N–H and O–H groups in total. The van der Waals surface area contributed by atoms with Crippen LogP contribution < -0.4 is 0 Å². The third-order valence-electron chi connectivity index (χ3n) is 2.55. The molecule has 0 aliphatic carbocycles. The molecule has 0 saturated heterocycles. The number of fused-ring (bicyclic) bond motifs is 1. The smallest absolute Gasteiger partial charge is 0.258 e. The van der Waals surface area contributed by atoms with Crippen molar-refractivity contribution in [2.75, 3.05) is 0 Å². The van der Waals surface area contributed by atoms with Crippen molar-refractivity contribution in [3.05, 3.63) is 52.9 Å². The van der Waals surface area contributed by atoms with Crippen LogP contribution in [0.3, 0.4) is 0 Å². The van der Waals surface area contributed by atoms with E-state index in [4.69, 9.17) is 16.0 Å². The topological polar surface area (TPSA) is 38.9 Å². The molecule has 2 aromatic heterocycles. The number of hydrogen-bond acceptors (Lipinski definition) is 4. The molecular weight excluding hydrogens is 287 g/mol. The zero-order valence-corrected chi connectivity index (χ0v) is 11.2. The first-order chi connectivity index (χ1) is 9.24. The molecule has 3 aromatic rings. The Morgan fingerprint density at radius 2 is 2.16 bits per heavy atom. The predicted molar refractivity (Wildman–Crippen MR) is 72.8 cm³/mol. The van der Waals surface area contributed by atoms with Crippen LogP contribution in [-0.4, -0.2) is 9.97 Å². The van der Waals surface area contributed by atoms with Gasteiger partial charge in [0.2, 0.25) is 0 Å². The van der Waals surface area contributed by atoms with E-state index in [-0.39, 0.29) is 5.82 Å². The van der Waals surface area contributed by atoms with Crippen LogP contribution in [0.5, 0.6) is 0 Å². The molecule has 1 aromatic carbocycles. The van der Waals surface area contributed by atoms with Gasteiger partial charge in [-0.05, 0) is 24.3 Å². The number of nitrogens with zero attached hydrogens (tertiary/aromatic N) is 2. The summed E-state index contributed by atoms with van der Waals surface area (Å²) in [6.45, 7) is 0. The first kappa shape index (κ1) is 12.4. The molecule has 0 saturated carbocycles. The summed E-state index contributed by atoms with van der Waals surface area (Å²) in [4.78, 5) is 8.28. The summed E-state index contributed by atoms with van der Waals surface area (Å²) in [5, 5.41) is 0.856. The lowest BCUT2D eigenvalue weighted by atomic mass is 10.2. The first-order valence-electron chi connectivity index (χ1n) is 5.51. The molecule has 6 heteroatoms. The molecule has 0 amide bonds. The number of aromatic nitrogens is 2. The van der Waals surface area contributed by atoms with Crippen LogP contribution in [0.4, 0.5) is 4.39 Å². The van der Waals surface area contributed by atoms with Crippen LogP contribution in [-0.2, 0) is 5.75 Å². The summed E-state index contributed by atoms with van der Waals surface area (Å²) in [5.74, 6) is 0.0347. The Balaban J connectivity index is 1.82. The van der Waals surface area contributed by atoms with E-state index < -0.39 is 0 Å². The molecule has 0 atom stereocenters. The van der Waals surface area contributed by atoms with Crippen molar-refractivity contribution in [3.63, 3.8) is 0 Å². The first-order valence-corrected chi connectivity index (χ1v) is 6.87. The molecule has 0 unspecified atom stereocenters. The number of hydrogen-bond donors (Lipinski definition) is 0. The zero-order chi connectivity index (χ0) is 13.2. The van der Waals surface area contributed by atoms with Gasteiger partial charge in [-0.3, -0.25) is 0 Å². The van der Waals surface area contributed by atoms with E-state index >= 15 is 0 Å². The van der Waals surface area contributed by atoms with Crippen molar-refractivity contribution in [1.29, 1.82) is 0 Å². The van der Waals surface area contributed by atoms with Crippen molar-refractivity contribution in [2.45, 2.75) is 11.0 Å². The molecule has 0 fully saturated rings. The maximum Gasteiger partial charge on any atom is 0.258 e. The highest BCUT2D eigenvalue weighted by molar-refractivity contribution is 7.98. The summed E-state index contributed by atoms with van der Waals surface area (Å²) in [6, 6.07) is 8.18. The van der Waals surface area contributed by atoms with Crippen LogP contribution in [0.25, 0.3) is 11.2 Å². The number of rotatable bonds is 3. The fourth-order valence-corrected chi connectivity index (χ4v) is 2.79. The Kier molecular flexibility index (Phi) is 3.40. The summed E-state index contributed by atoms with van der Waals surface area (Å²) in [5.41, 5.74) is 1.61. The second kappa shape index (κ2) is 5.19. The summed E-state index contributed by atoms with van der Waals surface area (Å²) in [7, 11) is 0. The van der Waals surface area contributed by atoms with Crippen LogP contribution in [0, 0.1) is 5.82 Å². The molecule has 2 heterocycles. The number of halogens is 2. The van der Waals surface area contributed by atoms with E-state index in [1.807, 2.05) is 0 Å². The van der Waals surface area contributed by atoms with Crippen molar-refractivity contribution in [1.82, 2.24) is 9.97 Å². The molecule has 96 valence electrons. The van der Waals surface area contributed by atoms with Crippen LogP contribution >= 0.6 is 23.4 Å². The molecule has 3 rings (SSSR count). The second-order valence-corrected chi connectivity index (χ2v) is 5.13. The lowest BCUT2D eigenvalue weighted by Crippen LogP contribution is -1.88. The van der Waals surface area contributed by atoms with E-state index in [9.17, 15) is 4.39 Å². The number of oxazole rings is 1. The standard InChI is InChI=1S/C13H8ClFN2OS/c14-9-3-1-4-10(15)8(9)7-19-13-17-12-11(18-13)5-2-6-16-12/h1-6H,7H2. The van der Waals surface area contributed by atoms with Crippen molar-refractivity contribution >= 4 is 34.6 Å². The largest absolute Gasteiger partial charge is 0.430 e. The average molecular weight is 295 g/mol. The maximum atomic E-state index is 13.6. The van der Waals surface area contributed by atoms with Crippen molar-refractivity contribution in [3.8, 4) is 0 Å². The molecule has 0 aliphatic rings. The van der Waals surface area contributed by atoms with Crippen LogP contribution in [0.1, 0.15) is 5.56 Å². The molecule has 3 nitrogen and oxygen atoms in total. The maximum absolute atomic E-state index is 13.6. The lowest BCUT2D eigenvalue weighted by Gasteiger charge is -2.02. The average Bonchev–Trinajstić information content (AvgIpc) is 2.81. The quantitative estimate of drug-likeness (QED) is 0.675. The summed E-state index contributed by atoms with van der Waals surface area (Å²) >= 11 is 7.24. The van der Waals surface area contributed by atoms with Gasteiger partial charge < -0.3 is 4.42 Å². The van der Waals surface area contributed by atoms with Gasteiger partial charge in [0.25, 0.3) is 5.22 Å². The van der Waals surface area contributed by atoms with Gasteiger partial charge in [-0.25, -0.2) is 9.37 Å². The van der Waals surface area contributed by atoms with Gasteiger partial charge in [-0.1, -0.05) is 29.4 Å². The van der Waals surface area contributed by atoms with Gasteiger partial charge in [-0.15, -0.1) is 0 Å². The van der Waals surface area contributed by atoms with Gasteiger partial charge >= 0.3 is 0 Å². The fraction of sp³-hybridized carbons (Fsp3) is 0.0769. The Labute approximate surface area is 117 Å². The number of thioether (sulfide) groups is 1. The number of pyridine rings is 1. The van der Waals surface area contributed by atoms with Gasteiger partial charge in [0.15, 0.2) is 11.2 Å². The highest BCUT2D eigenvalue weighted by Crippen LogP contribution is 2.29. The zero-order valence-electron chi connectivity index (χ0n) is 9.64. The second-order valence-electron chi connectivity index (χ2n) is 3.79. The van der Waals surface area contributed by atoms with Crippen molar-refractivity contribution in [2.24, 2.45) is 0 Å². The van der Waals surface area contributed by atoms with E-state index in [1.165, 1.54) is 17.8 Å². The van der Waals surface area contributed by atoms with E-state index in [1.54, 1.807) is 30.5 Å². The SMILES string of the molecule is Fc1cccc(Cl)c1CSc1nc2ncccc2o1. The van der Waals surface area contributed by atoms with Crippen LogP contribution in [0.2, 0.25) is 5.02 Å². The van der Waals surface area contributed by atoms with Gasteiger partial charge in [0, 0.05) is 22.5 Å². The van der Waals surface area contributed by atoms with Crippen LogP contribution in [0.15, 0.2) is 46.2 Å². The molecule has 0 aliphatic heterocycles. The van der Waals surface area contributed by atoms with Gasteiger partial charge in [0.1, 0.15) is 5.82 Å². The highest BCUT2D eigenvalue weighted by atomic mass is 35.5. The molecule has 0 spiro atoms. The lowest BCUT2D eigenvalue weighted by molar-refractivity contribution is 0.489. The highest BCUT2D eigenvalue weighted by Gasteiger charge is 2.11. The fourth-order valence-electron chi connectivity index (χ4n) is 1.62. The monoisotopic (exact) mass is 294 g/mol. The summed E-state index contributed by atoms with van der Waals surface area (Å²) < 4.78 is 19.1. The van der Waals surface area contributed by atoms with Crippen molar-refractivity contribution < 1.29 is 8.81 Å². The molecule has 19 heavy (non-hydrogen) atoms. The number of benzene rings is 1. The minimum absolute atomic E-state index is 0.325. The molecule has 0 bridgehead atoms. The van der Waals surface area contributed by atoms with E-state index in [0.717, 1.165) is 0 Å².